The van der Waals surface area contributed by atoms with E-state index < -0.39 is 12.0 Å². The minimum absolute atomic E-state index is 0.0659. The summed E-state index contributed by atoms with van der Waals surface area (Å²) in [6, 6.07) is 27.6. The van der Waals surface area contributed by atoms with Gasteiger partial charge in [-0.15, -0.1) is 0 Å². The van der Waals surface area contributed by atoms with E-state index in [1.54, 1.807) is 31.4 Å². The number of nitrogens with zero attached hydrogens (tertiary/aromatic N) is 2. The summed E-state index contributed by atoms with van der Waals surface area (Å²) in [6.07, 6.45) is 1.92. The molecule has 0 saturated carbocycles. The Kier molecular flexibility index (Phi) is 11.4. The molecule has 5 aromatic rings. The van der Waals surface area contributed by atoms with Crippen molar-refractivity contribution in [1.82, 2.24) is 10.3 Å². The molecular formula is C47H49N3O7. The Labute approximate surface area is 333 Å². The van der Waals surface area contributed by atoms with Gasteiger partial charge in [-0.25, -0.2) is 0 Å². The Morgan fingerprint density at radius 1 is 0.947 bits per heavy atom. The number of fused-ring (bicyclic) bond motifs is 8. The van der Waals surface area contributed by atoms with Crippen molar-refractivity contribution >= 4 is 11.6 Å². The Morgan fingerprint density at radius 2 is 1.77 bits per heavy atom. The lowest BCUT2D eigenvalue weighted by Crippen LogP contribution is -2.50. The highest BCUT2D eigenvalue weighted by Crippen LogP contribution is 2.55. The van der Waals surface area contributed by atoms with Gasteiger partial charge in [0.05, 0.1) is 37.8 Å². The third-order valence-corrected chi connectivity index (χ3v) is 10.9. The Balaban J connectivity index is 1.33. The van der Waals surface area contributed by atoms with Crippen LogP contribution >= 0.6 is 0 Å². The minimum Gasteiger partial charge on any atom is -0.508 e. The molecule has 4 aromatic carbocycles. The van der Waals surface area contributed by atoms with E-state index in [0.717, 1.165) is 58.8 Å². The zero-order valence-corrected chi connectivity index (χ0v) is 32.5. The van der Waals surface area contributed by atoms with Crippen LogP contribution < -0.4 is 34.1 Å². The Morgan fingerprint density at radius 3 is 2.56 bits per heavy atom. The zero-order chi connectivity index (χ0) is 39.3. The number of phenols is 1. The van der Waals surface area contributed by atoms with Gasteiger partial charge >= 0.3 is 5.78 Å². The molecule has 4 bridgehead atoms. The number of phenolic OH excluding ortho intramolecular Hbond substituents is 1. The average molecular weight is 768 g/mol. The van der Waals surface area contributed by atoms with Gasteiger partial charge in [-0.3, -0.25) is 4.79 Å². The second-order valence-corrected chi connectivity index (χ2v) is 14.7. The number of benzene rings is 4. The van der Waals surface area contributed by atoms with Crippen LogP contribution in [-0.2, 0) is 19.3 Å². The molecule has 3 aliphatic rings. The first-order valence-corrected chi connectivity index (χ1v) is 19.9. The topological polar surface area (TPSA) is 128 Å². The average Bonchev–Trinajstić information content (AvgIpc) is 3.68. The Bertz CT molecular complexity index is 2270. The van der Waals surface area contributed by atoms with Crippen LogP contribution in [0.4, 0.5) is 5.82 Å². The summed E-state index contributed by atoms with van der Waals surface area (Å²) in [5, 5.41) is 23.4. The van der Waals surface area contributed by atoms with Crippen molar-refractivity contribution in [2.75, 3.05) is 51.5 Å². The van der Waals surface area contributed by atoms with Gasteiger partial charge in [0, 0.05) is 19.4 Å². The van der Waals surface area contributed by atoms with Gasteiger partial charge in [-0.2, -0.15) is 0 Å². The largest absolute Gasteiger partial charge is 0.508 e. The molecule has 1 saturated heterocycles. The highest BCUT2D eigenvalue weighted by atomic mass is 16.5. The number of nitrogens with one attached hydrogen (secondary N) is 1. The van der Waals surface area contributed by atoms with Crippen molar-refractivity contribution in [3.63, 3.8) is 0 Å². The fraction of sp³-hybridized carbons (Fsp3) is 0.340. The number of aromatic hydroxyl groups is 1. The van der Waals surface area contributed by atoms with Crippen LogP contribution in [0.1, 0.15) is 65.3 Å². The molecule has 294 valence electrons. The molecule has 0 radical (unpaired) electrons. The van der Waals surface area contributed by atoms with Crippen molar-refractivity contribution in [3.05, 3.63) is 118 Å². The number of ketones is 1. The highest BCUT2D eigenvalue weighted by molar-refractivity contribution is 6.05. The first-order chi connectivity index (χ1) is 27.9. The van der Waals surface area contributed by atoms with E-state index in [2.05, 4.69) is 71.4 Å². The number of anilines is 1. The van der Waals surface area contributed by atoms with E-state index in [9.17, 15) is 15.0 Å². The number of carbonyl (C=O) groups excluding carboxylic acids is 1. The molecule has 1 fully saturated rings. The second kappa shape index (κ2) is 17.1. The molecule has 0 amide bonds. The SMILES string of the molecule is CCc1cc2c([n-]1)N1CCNC(C#CC(c3c(OCCc4ccccc4)c(OC)c(OCCCO)c4c3OC(c3ccc(O)cc3)CC4=[OH+])Cc3cccc-2c3)C1. The molecule has 4 heterocycles. The van der Waals surface area contributed by atoms with Crippen LogP contribution in [0.2, 0.25) is 0 Å². The van der Waals surface area contributed by atoms with Gasteiger partial charge in [0.1, 0.15) is 24.0 Å². The third-order valence-electron chi connectivity index (χ3n) is 10.9. The summed E-state index contributed by atoms with van der Waals surface area (Å²) in [5.74, 6) is 9.47. The first-order valence-electron chi connectivity index (χ1n) is 19.9. The molecule has 0 spiro atoms. The summed E-state index contributed by atoms with van der Waals surface area (Å²) >= 11 is 0. The standard InChI is InChI=1S/C47H48N3O7/c1-3-35-27-38-33-12-7-11-31(25-33)26-34(13-16-36-29-50(21-20-48-36)47(38)49-35)41-43-42(39(53)28-40(57-43)32-14-17-37(52)18-15-32)45(55-23-8-22-51)46(54-2)44(41)56-24-19-30-9-5-4-6-10-30/h4-7,9-12,14-15,17-18,25,27,34,36,40,48,51-52H,3,8,19-24,26,28-29H2,1-2H3/q-1/p+1. The summed E-state index contributed by atoms with van der Waals surface area (Å²) in [4.78, 5) is 19.5. The van der Waals surface area contributed by atoms with Gasteiger partial charge < -0.3 is 44.4 Å². The lowest BCUT2D eigenvalue weighted by molar-refractivity contribution is 0.190. The zero-order valence-electron chi connectivity index (χ0n) is 32.5. The Hall–Kier alpha value is -5.89. The minimum atomic E-state index is -0.583. The quantitative estimate of drug-likeness (QED) is 0.0740. The van der Waals surface area contributed by atoms with Crippen molar-refractivity contribution < 1.29 is 34.0 Å². The van der Waals surface area contributed by atoms with Crippen molar-refractivity contribution in [1.29, 1.82) is 0 Å². The number of hydrogen-bond donors (Lipinski definition) is 3. The van der Waals surface area contributed by atoms with Crippen LogP contribution in [0.15, 0.2) is 84.9 Å². The van der Waals surface area contributed by atoms with Crippen molar-refractivity contribution in [2.24, 2.45) is 0 Å². The molecule has 1 aromatic heterocycles. The van der Waals surface area contributed by atoms with Crippen molar-refractivity contribution in [3.8, 4) is 51.7 Å². The van der Waals surface area contributed by atoms with E-state index in [-0.39, 0.29) is 43.0 Å². The van der Waals surface area contributed by atoms with Crippen LogP contribution in [0.3, 0.4) is 0 Å². The molecule has 4 N–H and O–H groups in total. The van der Waals surface area contributed by atoms with Crippen LogP contribution in [0.25, 0.3) is 11.1 Å². The molecule has 3 atom stereocenters. The monoisotopic (exact) mass is 767 g/mol. The molecule has 57 heavy (non-hydrogen) atoms. The fourth-order valence-electron chi connectivity index (χ4n) is 8.00. The van der Waals surface area contributed by atoms with Gasteiger partial charge in [-0.05, 0) is 72.4 Å². The van der Waals surface area contributed by atoms with Crippen LogP contribution in [0.5, 0.6) is 28.7 Å². The molecule has 0 aliphatic carbocycles. The third kappa shape index (κ3) is 8.04. The van der Waals surface area contributed by atoms with Crippen molar-refractivity contribution in [2.45, 2.75) is 57.1 Å². The number of aliphatic hydroxyl groups is 1. The maximum absolute atomic E-state index is 12.0. The van der Waals surface area contributed by atoms with Crippen LogP contribution in [0, 0.1) is 11.8 Å². The predicted octanol–water partition coefficient (Wildman–Crippen LogP) is 6.51. The summed E-state index contributed by atoms with van der Waals surface area (Å²) < 4.78 is 26.4. The van der Waals surface area contributed by atoms with Crippen LogP contribution in [-0.4, -0.2) is 73.4 Å². The smallest absolute Gasteiger partial charge is 0.335 e. The number of aryl methyl sites for hydroxylation is 1. The molecule has 3 unspecified atom stereocenters. The number of piperazine rings is 1. The molecule has 10 heteroatoms. The number of methoxy groups -OCH3 is 1. The number of rotatable bonds is 12. The molecule has 3 aliphatic heterocycles. The van der Waals surface area contributed by atoms with Gasteiger partial charge in [0.25, 0.3) is 0 Å². The predicted molar refractivity (Wildman–Crippen MR) is 221 cm³/mol. The maximum atomic E-state index is 12.0. The lowest BCUT2D eigenvalue weighted by Gasteiger charge is -2.40. The van der Waals surface area contributed by atoms with Gasteiger partial charge in [0.2, 0.25) is 5.75 Å². The van der Waals surface area contributed by atoms with E-state index in [1.165, 1.54) is 0 Å². The summed E-state index contributed by atoms with van der Waals surface area (Å²) in [7, 11) is 1.57. The number of ether oxygens (including phenoxy) is 4. The lowest BCUT2D eigenvalue weighted by atomic mass is 9.85. The number of aliphatic hydroxyl groups excluding tert-OH is 1. The maximum Gasteiger partial charge on any atom is 0.335 e. The number of hydrogen-bond acceptors (Lipinski definition) is 8. The number of aromatic nitrogens is 1. The summed E-state index contributed by atoms with van der Waals surface area (Å²) in [6.45, 7) is 4.81. The normalized spacial score (nSPS) is 18.5. The van der Waals surface area contributed by atoms with E-state index >= 15 is 0 Å². The van der Waals surface area contributed by atoms with E-state index in [4.69, 9.17) is 23.9 Å². The van der Waals surface area contributed by atoms with Gasteiger partial charge in [-0.1, -0.05) is 103 Å². The first kappa shape index (κ1) is 38.0. The second-order valence-electron chi connectivity index (χ2n) is 14.7. The molecular weight excluding hydrogens is 719 g/mol. The molecule has 8 rings (SSSR count). The fourth-order valence-corrected chi connectivity index (χ4v) is 8.00. The summed E-state index contributed by atoms with van der Waals surface area (Å²) in [5.41, 5.74) is 7.29. The highest BCUT2D eigenvalue weighted by Gasteiger charge is 2.43. The van der Waals surface area contributed by atoms with E-state index in [1.807, 2.05) is 18.2 Å². The van der Waals surface area contributed by atoms with E-state index in [0.29, 0.717) is 60.8 Å². The van der Waals surface area contributed by atoms with Gasteiger partial charge in [0.15, 0.2) is 17.1 Å². The molecule has 10 nitrogen and oxygen atoms in total.